The van der Waals surface area contributed by atoms with Gasteiger partial charge in [-0.05, 0) is 12.2 Å². The molecule has 28 heteroatoms. The van der Waals surface area contributed by atoms with E-state index in [4.69, 9.17) is 24.3 Å². The highest BCUT2D eigenvalue weighted by atomic mass is 32.2. The molecule has 23 nitrogen and oxygen atoms in total. The molecular formula is C26H35N9O14P4S+4. The monoisotopic (exact) mass is 853 g/mol. The van der Waals surface area contributed by atoms with Gasteiger partial charge < -0.3 is 30.5 Å². The summed E-state index contributed by atoms with van der Waals surface area (Å²) in [6.07, 6.45) is 1.84. The van der Waals surface area contributed by atoms with Gasteiger partial charge in [-0.25, -0.2) is 29.9 Å². The molecule has 5 N–H and O–H groups in total. The number of hydrogen-bond donors (Lipinski definition) is 4. The van der Waals surface area contributed by atoms with Gasteiger partial charge in [-0.1, -0.05) is 26.2 Å². The second-order valence-electron chi connectivity index (χ2n) is 11.7. The molecule has 290 valence electrons. The molecule has 54 heavy (non-hydrogen) atoms. The number of imidazole rings is 2. The topological polar surface area (TPSA) is 307 Å². The maximum atomic E-state index is 12.3. The standard InChI is InChI=1S/C26H35N9O14P4S/c1-2-3-4-5-6-54-25-19-24(30-11-31-25)35(13-33-19)26-21(38)20(37)16(46-26)9-44-51(40)48-53(42)49-52(41)47-50(39)43-8-15-14(36)7-17(45-15)34-12-32-18-22(27)28-10-29-23(18)34/h10-17,20-21,26,36-38H,2-9H2,1H3,(H2,27,28,29)/q+4/t14-,15+,16-,17+,20-,21-,26-/m1/s1. The highest BCUT2D eigenvalue weighted by Gasteiger charge is 2.56. The van der Waals surface area contributed by atoms with Crippen LogP contribution < -0.4 is 5.73 Å². The van der Waals surface area contributed by atoms with Crippen LogP contribution in [0.4, 0.5) is 5.82 Å². The fourth-order valence-corrected chi connectivity index (χ4v) is 9.48. The Labute approximate surface area is 313 Å². The molecule has 0 spiro atoms. The average Bonchev–Trinajstić information content (AvgIpc) is 3.92. The number of unbranched alkanes of at least 4 members (excludes halogenated alkanes) is 3. The Morgan fingerprint density at radius 2 is 1.41 bits per heavy atom. The number of ether oxygens (including phenoxy) is 2. The van der Waals surface area contributed by atoms with E-state index in [2.05, 4.69) is 49.8 Å². The second-order valence-corrected chi connectivity index (χ2v) is 17.1. The van der Waals surface area contributed by atoms with E-state index in [1.54, 1.807) is 0 Å². The number of nitrogen functional groups attached to an aromatic ring is 1. The molecule has 4 aromatic rings. The molecule has 6 heterocycles. The van der Waals surface area contributed by atoms with Crippen molar-refractivity contribution in [1.29, 1.82) is 0 Å². The van der Waals surface area contributed by atoms with Crippen molar-refractivity contribution in [2.24, 2.45) is 0 Å². The molecule has 4 unspecified atom stereocenters. The summed E-state index contributed by atoms with van der Waals surface area (Å²) in [5.74, 6) is 1.01. The normalized spacial score (nSPS) is 25.4. The Morgan fingerprint density at radius 1 is 0.778 bits per heavy atom. The fourth-order valence-electron chi connectivity index (χ4n) is 5.54. The molecule has 2 fully saturated rings. The maximum Gasteiger partial charge on any atom is 0.798 e. The molecule has 2 saturated heterocycles. The summed E-state index contributed by atoms with van der Waals surface area (Å²) in [4.78, 5) is 25.1. The van der Waals surface area contributed by atoms with Crippen molar-refractivity contribution in [2.75, 3.05) is 24.7 Å². The molecule has 2 aliphatic heterocycles. The van der Waals surface area contributed by atoms with Crippen LogP contribution in [0.3, 0.4) is 0 Å². The number of nitrogens with two attached hydrogens (primary N) is 1. The van der Waals surface area contributed by atoms with E-state index in [0.717, 1.165) is 31.4 Å². The van der Waals surface area contributed by atoms with Crippen LogP contribution in [0.2, 0.25) is 0 Å². The minimum Gasteiger partial charge on any atom is -0.390 e. The molecule has 6 rings (SSSR count). The Balaban J connectivity index is 0.910. The molecule has 4 aromatic heterocycles. The Kier molecular flexibility index (Phi) is 14.3. The minimum absolute atomic E-state index is 0.0973. The first kappa shape index (κ1) is 40.9. The zero-order valence-corrected chi connectivity index (χ0v) is 32.6. The van der Waals surface area contributed by atoms with Crippen molar-refractivity contribution in [3.63, 3.8) is 0 Å². The number of thioether (sulfide) groups is 1. The van der Waals surface area contributed by atoms with E-state index >= 15 is 0 Å². The number of rotatable bonds is 20. The van der Waals surface area contributed by atoms with Gasteiger partial charge in [0.15, 0.2) is 36.3 Å². The summed E-state index contributed by atoms with van der Waals surface area (Å²) in [7, 11) is -13.1. The predicted molar refractivity (Wildman–Crippen MR) is 186 cm³/mol. The van der Waals surface area contributed by atoms with Gasteiger partial charge in [0.25, 0.3) is 0 Å². The maximum absolute atomic E-state index is 12.3. The van der Waals surface area contributed by atoms with Crippen molar-refractivity contribution in [1.82, 2.24) is 39.0 Å². The van der Waals surface area contributed by atoms with Crippen LogP contribution in [0, 0.1) is 0 Å². The van der Waals surface area contributed by atoms with E-state index < -0.39 is 89.2 Å². The zero-order chi connectivity index (χ0) is 38.4. The number of hydrogen-bond acceptors (Lipinski definition) is 22. The number of aromatic nitrogens is 8. The van der Waals surface area contributed by atoms with Gasteiger partial charge >= 0.3 is 33.0 Å². The third-order valence-electron chi connectivity index (χ3n) is 8.16. The Hall–Kier alpha value is -2.75. The van der Waals surface area contributed by atoms with Gasteiger partial charge in [-0.15, -0.1) is 20.8 Å². The highest BCUT2D eigenvalue weighted by molar-refractivity contribution is 7.99. The highest BCUT2D eigenvalue weighted by Crippen LogP contribution is 2.51. The SMILES string of the molecule is CCCCCCSc1ncnc2c1ncn2[C@@H]1O[C@H](CO[P+](=O)O[P+](=O)O[P+](=O)O[P+](=O)OC[C@@H]2O[C@H](n3cnc4c(N)ncnc43)C[C@H]2O)[C@@H](O)[C@H]1O. The number of aliphatic hydroxyl groups excluding tert-OH is 3. The predicted octanol–water partition coefficient (Wildman–Crippen LogP) is 3.90. The Bertz CT molecular complexity index is 2000. The van der Waals surface area contributed by atoms with Crippen LogP contribution in [0.5, 0.6) is 0 Å². The first-order chi connectivity index (χ1) is 26.0. The molecule has 0 amide bonds. The van der Waals surface area contributed by atoms with Crippen molar-refractivity contribution in [3.05, 3.63) is 25.3 Å². The van der Waals surface area contributed by atoms with Crippen LogP contribution in [-0.2, 0) is 49.7 Å². The number of aliphatic hydroxyl groups is 3. The van der Waals surface area contributed by atoms with Gasteiger partial charge in [0, 0.05) is 24.7 Å². The van der Waals surface area contributed by atoms with E-state index in [9.17, 15) is 33.6 Å². The zero-order valence-electron chi connectivity index (χ0n) is 28.2. The van der Waals surface area contributed by atoms with Crippen LogP contribution in [-0.4, -0.2) is 104 Å². The van der Waals surface area contributed by atoms with E-state index in [0.29, 0.717) is 27.4 Å². The second kappa shape index (κ2) is 18.9. The molecule has 11 atom stereocenters. The molecule has 0 saturated carbocycles. The molecule has 2 aliphatic rings. The van der Waals surface area contributed by atoms with Gasteiger partial charge in [0.1, 0.15) is 72.6 Å². The average molecular weight is 854 g/mol. The molecular weight excluding hydrogens is 818 g/mol. The lowest BCUT2D eigenvalue weighted by atomic mass is 10.1. The lowest BCUT2D eigenvalue weighted by Crippen LogP contribution is -2.33. The van der Waals surface area contributed by atoms with Gasteiger partial charge in [-0.2, -0.15) is 0 Å². The van der Waals surface area contributed by atoms with E-state index in [1.165, 1.54) is 46.2 Å². The minimum atomic E-state index is -3.40. The van der Waals surface area contributed by atoms with Gasteiger partial charge in [0.2, 0.25) is 0 Å². The van der Waals surface area contributed by atoms with Crippen molar-refractivity contribution < 1.29 is 65.0 Å². The lowest BCUT2D eigenvalue weighted by molar-refractivity contribution is -0.0475. The lowest BCUT2D eigenvalue weighted by Gasteiger charge is -2.16. The van der Waals surface area contributed by atoms with Crippen molar-refractivity contribution in [2.45, 2.75) is 87.0 Å². The van der Waals surface area contributed by atoms with Gasteiger partial charge in [0.05, 0.1) is 18.8 Å². The summed E-state index contributed by atoms with van der Waals surface area (Å²) in [5, 5.41) is 32.4. The summed E-state index contributed by atoms with van der Waals surface area (Å²) in [5.41, 5.74) is 7.38. The van der Waals surface area contributed by atoms with Crippen LogP contribution in [0.15, 0.2) is 30.3 Å². The smallest absolute Gasteiger partial charge is 0.390 e. The summed E-state index contributed by atoms with van der Waals surface area (Å²) < 4.78 is 86.7. The van der Waals surface area contributed by atoms with Crippen LogP contribution in [0.1, 0.15) is 51.5 Å². The molecule has 0 radical (unpaired) electrons. The van der Waals surface area contributed by atoms with Crippen molar-refractivity contribution in [3.8, 4) is 0 Å². The summed E-state index contributed by atoms with van der Waals surface area (Å²) >= 11 is 1.54. The molecule has 0 aromatic carbocycles. The Morgan fingerprint density at radius 3 is 2.13 bits per heavy atom. The van der Waals surface area contributed by atoms with Crippen molar-refractivity contribution >= 4 is 72.9 Å². The number of anilines is 1. The number of fused-ring (bicyclic) bond motifs is 2. The van der Waals surface area contributed by atoms with Crippen LogP contribution in [0.25, 0.3) is 22.3 Å². The quantitative estimate of drug-likeness (QED) is 0.0424. The molecule has 0 bridgehead atoms. The van der Waals surface area contributed by atoms with Crippen LogP contribution >= 0.6 is 44.8 Å². The molecule has 0 aliphatic carbocycles. The summed E-state index contributed by atoms with van der Waals surface area (Å²) in [6, 6.07) is 0. The first-order valence-corrected chi connectivity index (χ1v) is 21.7. The van der Waals surface area contributed by atoms with E-state index in [-0.39, 0.29) is 12.2 Å². The fraction of sp³-hybridized carbons (Fsp3) is 0.615. The first-order valence-electron chi connectivity index (χ1n) is 16.3. The third-order valence-corrected chi connectivity index (χ3v) is 13.1. The third kappa shape index (κ3) is 9.78. The summed E-state index contributed by atoms with van der Waals surface area (Å²) in [6.45, 7) is 1.08. The van der Waals surface area contributed by atoms with Gasteiger partial charge in [-0.3, -0.25) is 9.13 Å². The van der Waals surface area contributed by atoms with E-state index in [1.807, 2.05) is 0 Å². The largest absolute Gasteiger partial charge is 0.798 e. The number of nitrogens with zero attached hydrogens (tertiary/aromatic N) is 8.